The Balaban J connectivity index is 1.73. The maximum Gasteiger partial charge on any atom is 0.339 e. The van der Waals surface area contributed by atoms with E-state index in [1.807, 2.05) is 19.1 Å². The molecule has 6 heteroatoms. The van der Waals surface area contributed by atoms with Gasteiger partial charge in [-0.25, -0.2) is 4.79 Å². The molecule has 1 N–H and O–H groups in total. The van der Waals surface area contributed by atoms with E-state index < -0.39 is 23.9 Å². The van der Waals surface area contributed by atoms with Crippen molar-refractivity contribution in [2.24, 2.45) is 0 Å². The largest absolute Gasteiger partial charge is 0.545 e. The summed E-state index contributed by atoms with van der Waals surface area (Å²) in [5, 5.41) is 13.3. The van der Waals surface area contributed by atoms with Crippen molar-refractivity contribution in [3.8, 4) is 0 Å². The van der Waals surface area contributed by atoms with Gasteiger partial charge in [0.05, 0.1) is 11.5 Å². The van der Waals surface area contributed by atoms with Gasteiger partial charge in [-0.2, -0.15) is 0 Å². The zero-order valence-electron chi connectivity index (χ0n) is 12.9. The van der Waals surface area contributed by atoms with Gasteiger partial charge in [0.1, 0.15) is 0 Å². The molecule has 6 nitrogen and oxygen atoms in total. The lowest BCUT2D eigenvalue weighted by Crippen LogP contribution is -2.38. The molecule has 0 aliphatic carbocycles. The standard InChI is InChI=1S/C18H15NO5/c1-10-2-3-12-9-15(24-18(23)14(12)8-10)16(20)19-13-6-4-11(5-7-13)17(21)22/h2-8,15H,9H2,1H3,(H,19,20)(H,21,22)/p-1. The van der Waals surface area contributed by atoms with Gasteiger partial charge in [0, 0.05) is 12.1 Å². The lowest BCUT2D eigenvalue weighted by Gasteiger charge is -2.24. The summed E-state index contributed by atoms with van der Waals surface area (Å²) in [5.41, 5.74) is 2.63. The van der Waals surface area contributed by atoms with Crippen molar-refractivity contribution in [1.29, 1.82) is 0 Å². The highest BCUT2D eigenvalue weighted by Gasteiger charge is 2.31. The van der Waals surface area contributed by atoms with Crippen LogP contribution in [-0.4, -0.2) is 23.9 Å². The molecule has 1 atom stereocenters. The highest BCUT2D eigenvalue weighted by Crippen LogP contribution is 2.23. The Bertz CT molecular complexity index is 826. The SMILES string of the molecule is Cc1ccc2c(c1)C(=O)OC(C(=O)Nc1ccc(C(=O)[O-])cc1)C2. The van der Waals surface area contributed by atoms with E-state index in [-0.39, 0.29) is 5.56 Å². The number of aryl methyl sites for hydroxylation is 1. The fraction of sp³-hybridized carbons (Fsp3) is 0.167. The summed E-state index contributed by atoms with van der Waals surface area (Å²) in [6, 6.07) is 11.0. The van der Waals surface area contributed by atoms with Gasteiger partial charge in [-0.3, -0.25) is 4.79 Å². The molecule has 0 radical (unpaired) electrons. The first-order chi connectivity index (χ1) is 11.4. The number of carbonyl (C=O) groups excluding carboxylic acids is 3. The smallest absolute Gasteiger partial charge is 0.339 e. The third-order valence-electron chi connectivity index (χ3n) is 3.82. The molecule has 24 heavy (non-hydrogen) atoms. The van der Waals surface area contributed by atoms with Crippen molar-refractivity contribution >= 4 is 23.5 Å². The van der Waals surface area contributed by atoms with Crippen molar-refractivity contribution in [2.45, 2.75) is 19.4 Å². The number of anilines is 1. The molecule has 0 bridgehead atoms. The van der Waals surface area contributed by atoms with Crippen LogP contribution in [-0.2, 0) is 16.0 Å². The van der Waals surface area contributed by atoms with Crippen LogP contribution < -0.4 is 10.4 Å². The Morgan fingerprint density at radius 2 is 1.88 bits per heavy atom. The first kappa shape index (κ1) is 15.7. The van der Waals surface area contributed by atoms with E-state index in [2.05, 4.69) is 5.32 Å². The molecule has 1 aliphatic heterocycles. The number of fused-ring (bicyclic) bond motifs is 1. The van der Waals surface area contributed by atoms with E-state index in [4.69, 9.17) is 4.74 Å². The second-order valence-electron chi connectivity index (χ2n) is 5.61. The minimum absolute atomic E-state index is 0.0152. The van der Waals surface area contributed by atoms with Crippen molar-refractivity contribution in [3.05, 3.63) is 64.7 Å². The lowest BCUT2D eigenvalue weighted by molar-refractivity contribution is -0.255. The summed E-state index contributed by atoms with van der Waals surface area (Å²) in [6.45, 7) is 1.88. The first-order valence-electron chi connectivity index (χ1n) is 7.37. The number of rotatable bonds is 3. The number of benzene rings is 2. The number of amides is 1. The minimum atomic E-state index is -1.29. The number of cyclic esters (lactones) is 1. The zero-order valence-corrected chi connectivity index (χ0v) is 12.9. The van der Waals surface area contributed by atoms with Crippen molar-refractivity contribution in [3.63, 3.8) is 0 Å². The Hall–Kier alpha value is -3.15. The van der Waals surface area contributed by atoms with E-state index in [1.54, 1.807) is 6.07 Å². The minimum Gasteiger partial charge on any atom is -0.545 e. The fourth-order valence-corrected chi connectivity index (χ4v) is 2.55. The van der Waals surface area contributed by atoms with Crippen LogP contribution in [0.25, 0.3) is 0 Å². The van der Waals surface area contributed by atoms with Gasteiger partial charge in [0.2, 0.25) is 0 Å². The maximum atomic E-state index is 12.3. The molecule has 1 unspecified atom stereocenters. The third-order valence-corrected chi connectivity index (χ3v) is 3.82. The Morgan fingerprint density at radius 1 is 1.17 bits per heavy atom. The van der Waals surface area contributed by atoms with Crippen LogP contribution in [0.3, 0.4) is 0 Å². The summed E-state index contributed by atoms with van der Waals surface area (Å²) in [6.07, 6.45) is -0.627. The fourth-order valence-electron chi connectivity index (χ4n) is 2.55. The third kappa shape index (κ3) is 3.12. The molecule has 0 fully saturated rings. The van der Waals surface area contributed by atoms with E-state index in [9.17, 15) is 19.5 Å². The average molecular weight is 324 g/mol. The predicted molar refractivity (Wildman–Crippen MR) is 83.5 cm³/mol. The van der Waals surface area contributed by atoms with Crippen molar-refractivity contribution in [2.75, 3.05) is 5.32 Å². The molecule has 1 aliphatic rings. The number of hydrogen-bond donors (Lipinski definition) is 1. The summed E-state index contributed by atoms with van der Waals surface area (Å²) in [5.74, 6) is -2.27. The Morgan fingerprint density at radius 3 is 2.54 bits per heavy atom. The van der Waals surface area contributed by atoms with Gasteiger partial charge in [0.25, 0.3) is 5.91 Å². The summed E-state index contributed by atoms with van der Waals surface area (Å²) < 4.78 is 5.21. The Labute approximate surface area is 138 Å². The number of nitrogens with one attached hydrogen (secondary N) is 1. The van der Waals surface area contributed by atoms with E-state index in [1.165, 1.54) is 24.3 Å². The highest BCUT2D eigenvalue weighted by atomic mass is 16.5. The van der Waals surface area contributed by atoms with E-state index >= 15 is 0 Å². The number of hydrogen-bond acceptors (Lipinski definition) is 5. The monoisotopic (exact) mass is 324 g/mol. The van der Waals surface area contributed by atoms with Crippen LogP contribution in [0.4, 0.5) is 5.69 Å². The number of ether oxygens (including phenoxy) is 1. The molecule has 0 aromatic heterocycles. The number of esters is 1. The zero-order chi connectivity index (χ0) is 17.3. The Kier molecular flexibility index (Phi) is 4.04. The molecule has 0 saturated carbocycles. The van der Waals surface area contributed by atoms with Gasteiger partial charge in [-0.1, -0.05) is 29.8 Å². The maximum absolute atomic E-state index is 12.3. The van der Waals surface area contributed by atoms with Gasteiger partial charge in [0.15, 0.2) is 6.10 Å². The molecule has 1 heterocycles. The summed E-state index contributed by atoms with van der Waals surface area (Å²) in [7, 11) is 0. The van der Waals surface area contributed by atoms with Crippen LogP contribution >= 0.6 is 0 Å². The second-order valence-corrected chi connectivity index (χ2v) is 5.61. The van der Waals surface area contributed by atoms with Gasteiger partial charge in [-0.05, 0) is 36.2 Å². The quantitative estimate of drug-likeness (QED) is 0.852. The number of carboxylic acid groups (broad SMARTS) is 1. The molecule has 3 rings (SSSR count). The average Bonchev–Trinajstić information content (AvgIpc) is 2.55. The molecule has 2 aromatic rings. The molecular formula is C18H14NO5-. The van der Waals surface area contributed by atoms with Crippen LogP contribution in [0.2, 0.25) is 0 Å². The normalized spacial score (nSPS) is 16.0. The first-order valence-corrected chi connectivity index (χ1v) is 7.37. The van der Waals surface area contributed by atoms with Crippen molar-refractivity contribution < 1.29 is 24.2 Å². The topological polar surface area (TPSA) is 95.5 Å². The molecular weight excluding hydrogens is 310 g/mol. The van der Waals surface area contributed by atoms with Gasteiger partial charge < -0.3 is 20.0 Å². The van der Waals surface area contributed by atoms with E-state index in [0.29, 0.717) is 17.7 Å². The van der Waals surface area contributed by atoms with Crippen LogP contribution in [0.5, 0.6) is 0 Å². The number of carbonyl (C=O) groups is 3. The van der Waals surface area contributed by atoms with E-state index in [0.717, 1.165) is 11.1 Å². The van der Waals surface area contributed by atoms with Crippen LogP contribution in [0, 0.1) is 6.92 Å². The summed E-state index contributed by atoms with van der Waals surface area (Å²) in [4.78, 5) is 35.0. The number of aromatic carboxylic acids is 1. The van der Waals surface area contributed by atoms with Gasteiger partial charge >= 0.3 is 5.97 Å². The molecule has 0 saturated heterocycles. The summed E-state index contributed by atoms with van der Waals surface area (Å²) >= 11 is 0. The molecule has 0 spiro atoms. The van der Waals surface area contributed by atoms with Gasteiger partial charge in [-0.15, -0.1) is 0 Å². The highest BCUT2D eigenvalue weighted by molar-refractivity contribution is 6.00. The second kappa shape index (κ2) is 6.16. The molecule has 2 aromatic carbocycles. The lowest BCUT2D eigenvalue weighted by atomic mass is 9.96. The van der Waals surface area contributed by atoms with Crippen molar-refractivity contribution in [1.82, 2.24) is 0 Å². The number of carboxylic acids is 1. The predicted octanol–water partition coefficient (Wildman–Crippen LogP) is 1.08. The molecule has 122 valence electrons. The van der Waals surface area contributed by atoms with Crippen LogP contribution in [0.1, 0.15) is 31.8 Å². The molecule has 1 amide bonds. The van der Waals surface area contributed by atoms with Crippen LogP contribution in [0.15, 0.2) is 42.5 Å².